The monoisotopic (exact) mass is 250 g/mol. The number of rotatable bonds is 3. The summed E-state index contributed by atoms with van der Waals surface area (Å²) in [7, 11) is 0. The number of aliphatic hydroxyl groups excluding tert-OH is 1. The van der Waals surface area contributed by atoms with Crippen molar-refractivity contribution in [2.75, 3.05) is 24.6 Å². The van der Waals surface area contributed by atoms with Gasteiger partial charge in [-0.25, -0.2) is 0 Å². The molecule has 0 amide bonds. The normalized spacial score (nSPS) is 22.6. The Labute approximate surface area is 109 Å². The molecule has 2 unspecified atom stereocenters. The van der Waals surface area contributed by atoms with Crippen LogP contribution in [0, 0.1) is 0 Å². The fourth-order valence-electron chi connectivity index (χ4n) is 2.22. The number of pyridine rings is 1. The maximum absolute atomic E-state index is 9.72. The molecule has 1 aromatic heterocycles. The lowest BCUT2D eigenvalue weighted by molar-refractivity contribution is 0.0821. The minimum atomic E-state index is -0.453. The van der Waals surface area contributed by atoms with E-state index >= 15 is 0 Å². The molecule has 1 saturated heterocycles. The molecular formula is C14H22N2O2. The molecule has 1 N–H and O–H groups in total. The third-order valence-electron chi connectivity index (χ3n) is 3.32. The fourth-order valence-corrected chi connectivity index (χ4v) is 2.22. The first-order chi connectivity index (χ1) is 8.70. The zero-order valence-corrected chi connectivity index (χ0v) is 11.2. The molecule has 0 aliphatic carbocycles. The largest absolute Gasteiger partial charge is 0.387 e. The third kappa shape index (κ3) is 3.21. The van der Waals surface area contributed by atoms with Crippen LogP contribution in [0.5, 0.6) is 0 Å². The Balaban J connectivity index is 2.08. The van der Waals surface area contributed by atoms with Gasteiger partial charge >= 0.3 is 0 Å². The Kier molecular flexibility index (Phi) is 4.55. The Bertz CT molecular complexity index is 367. The van der Waals surface area contributed by atoms with Gasteiger partial charge in [0.15, 0.2) is 0 Å². The summed E-state index contributed by atoms with van der Waals surface area (Å²) in [6.07, 6.45) is 3.40. The van der Waals surface area contributed by atoms with E-state index in [1.165, 1.54) is 0 Å². The highest BCUT2D eigenvalue weighted by Gasteiger charge is 2.16. The van der Waals surface area contributed by atoms with Crippen LogP contribution in [0.3, 0.4) is 0 Å². The Morgan fingerprint density at radius 3 is 3.06 bits per heavy atom. The van der Waals surface area contributed by atoms with Crippen molar-refractivity contribution in [3.05, 3.63) is 24.0 Å². The Morgan fingerprint density at radius 2 is 2.39 bits per heavy atom. The molecule has 18 heavy (non-hydrogen) atoms. The number of hydrogen-bond donors (Lipinski definition) is 1. The summed E-state index contributed by atoms with van der Waals surface area (Å²) in [6, 6.07) is 3.96. The molecule has 1 fully saturated rings. The smallest absolute Gasteiger partial charge is 0.0957 e. The average Bonchev–Trinajstić information content (AvgIpc) is 2.63. The molecular weight excluding hydrogens is 228 g/mol. The highest BCUT2D eigenvalue weighted by molar-refractivity contribution is 5.45. The highest BCUT2D eigenvalue weighted by atomic mass is 16.5. The molecule has 4 heteroatoms. The van der Waals surface area contributed by atoms with Gasteiger partial charge < -0.3 is 14.7 Å². The van der Waals surface area contributed by atoms with Crippen LogP contribution in [0.15, 0.2) is 18.3 Å². The number of nitrogens with zero attached hydrogens (tertiary/aromatic N) is 2. The first kappa shape index (κ1) is 13.3. The van der Waals surface area contributed by atoms with Crippen molar-refractivity contribution in [2.45, 2.75) is 38.9 Å². The van der Waals surface area contributed by atoms with Gasteiger partial charge in [-0.2, -0.15) is 0 Å². The van der Waals surface area contributed by atoms with Crippen molar-refractivity contribution in [1.29, 1.82) is 0 Å². The molecule has 2 atom stereocenters. The Morgan fingerprint density at radius 1 is 1.56 bits per heavy atom. The van der Waals surface area contributed by atoms with Crippen LogP contribution >= 0.6 is 0 Å². The van der Waals surface area contributed by atoms with Gasteiger partial charge in [0.25, 0.3) is 0 Å². The second-order valence-electron chi connectivity index (χ2n) is 4.85. The number of aromatic nitrogens is 1. The van der Waals surface area contributed by atoms with Gasteiger partial charge in [0.05, 0.1) is 29.8 Å². The number of aliphatic hydroxyl groups is 1. The number of ether oxygens (including phenoxy) is 1. The lowest BCUT2D eigenvalue weighted by Crippen LogP contribution is -2.30. The highest BCUT2D eigenvalue weighted by Crippen LogP contribution is 2.20. The van der Waals surface area contributed by atoms with Gasteiger partial charge in [-0.15, -0.1) is 0 Å². The standard InChI is InChI=1S/C14H22N2O2/c1-3-14(17)13-6-5-12(9-15-13)16-7-4-8-18-11(2)10-16/h5-6,9,11,14,17H,3-4,7-8,10H2,1-2H3. The predicted octanol–water partition coefficient (Wildman–Crippen LogP) is 2.14. The minimum Gasteiger partial charge on any atom is -0.387 e. The molecule has 1 aromatic rings. The summed E-state index contributed by atoms with van der Waals surface area (Å²) in [4.78, 5) is 6.65. The summed E-state index contributed by atoms with van der Waals surface area (Å²) in [5.41, 5.74) is 1.86. The second-order valence-corrected chi connectivity index (χ2v) is 4.85. The van der Waals surface area contributed by atoms with E-state index in [0.29, 0.717) is 6.42 Å². The van der Waals surface area contributed by atoms with Crippen molar-refractivity contribution < 1.29 is 9.84 Å². The first-order valence-corrected chi connectivity index (χ1v) is 6.71. The number of anilines is 1. The quantitative estimate of drug-likeness (QED) is 0.892. The number of hydrogen-bond acceptors (Lipinski definition) is 4. The van der Waals surface area contributed by atoms with E-state index in [1.54, 1.807) is 0 Å². The van der Waals surface area contributed by atoms with Crippen LogP contribution in [-0.2, 0) is 4.74 Å². The van der Waals surface area contributed by atoms with Crippen molar-refractivity contribution in [1.82, 2.24) is 4.98 Å². The molecule has 2 heterocycles. The van der Waals surface area contributed by atoms with Gasteiger partial charge in [-0.1, -0.05) is 6.92 Å². The van der Waals surface area contributed by atoms with Crippen LogP contribution in [0.25, 0.3) is 0 Å². The van der Waals surface area contributed by atoms with Gasteiger partial charge in [0, 0.05) is 19.7 Å². The summed E-state index contributed by atoms with van der Waals surface area (Å²) in [5, 5.41) is 9.72. The van der Waals surface area contributed by atoms with Crippen molar-refractivity contribution >= 4 is 5.69 Å². The molecule has 2 rings (SSSR count). The molecule has 0 bridgehead atoms. The zero-order valence-electron chi connectivity index (χ0n) is 11.2. The average molecular weight is 250 g/mol. The van der Waals surface area contributed by atoms with E-state index in [1.807, 2.05) is 25.3 Å². The van der Waals surface area contributed by atoms with E-state index in [4.69, 9.17) is 4.74 Å². The molecule has 1 aliphatic rings. The second kappa shape index (κ2) is 6.16. The first-order valence-electron chi connectivity index (χ1n) is 6.71. The third-order valence-corrected chi connectivity index (χ3v) is 3.32. The van der Waals surface area contributed by atoms with Crippen molar-refractivity contribution in [3.8, 4) is 0 Å². The molecule has 0 aromatic carbocycles. The maximum Gasteiger partial charge on any atom is 0.0957 e. The van der Waals surface area contributed by atoms with Crippen molar-refractivity contribution in [2.24, 2.45) is 0 Å². The van der Waals surface area contributed by atoms with Crippen LogP contribution in [-0.4, -0.2) is 35.9 Å². The zero-order chi connectivity index (χ0) is 13.0. The van der Waals surface area contributed by atoms with E-state index in [9.17, 15) is 5.11 Å². The maximum atomic E-state index is 9.72. The van der Waals surface area contributed by atoms with Crippen LogP contribution < -0.4 is 4.90 Å². The SMILES string of the molecule is CCC(O)c1ccc(N2CCCOC(C)C2)cn1. The molecule has 100 valence electrons. The molecule has 0 saturated carbocycles. The molecule has 0 spiro atoms. The molecule has 1 aliphatic heterocycles. The summed E-state index contributed by atoms with van der Waals surface area (Å²) in [5.74, 6) is 0. The lowest BCUT2D eigenvalue weighted by atomic mass is 10.2. The van der Waals surface area contributed by atoms with Crippen LogP contribution in [0.4, 0.5) is 5.69 Å². The van der Waals surface area contributed by atoms with E-state index in [-0.39, 0.29) is 6.10 Å². The Hall–Kier alpha value is -1.13. The van der Waals surface area contributed by atoms with Crippen molar-refractivity contribution in [3.63, 3.8) is 0 Å². The van der Waals surface area contributed by atoms with Gasteiger partial charge in [0.1, 0.15) is 0 Å². The van der Waals surface area contributed by atoms with Gasteiger partial charge in [-0.05, 0) is 31.9 Å². The minimum absolute atomic E-state index is 0.258. The van der Waals surface area contributed by atoms with E-state index in [0.717, 1.165) is 37.5 Å². The fraction of sp³-hybridized carbons (Fsp3) is 0.643. The topological polar surface area (TPSA) is 45.6 Å². The summed E-state index contributed by atoms with van der Waals surface area (Å²) < 4.78 is 5.63. The van der Waals surface area contributed by atoms with Gasteiger partial charge in [-0.3, -0.25) is 4.98 Å². The molecule has 0 radical (unpaired) electrons. The lowest BCUT2D eigenvalue weighted by Gasteiger charge is -2.24. The predicted molar refractivity (Wildman–Crippen MR) is 71.7 cm³/mol. The van der Waals surface area contributed by atoms with E-state index < -0.39 is 6.10 Å². The van der Waals surface area contributed by atoms with Crippen LogP contribution in [0.1, 0.15) is 38.5 Å². The molecule has 4 nitrogen and oxygen atoms in total. The summed E-state index contributed by atoms with van der Waals surface area (Å²) >= 11 is 0. The van der Waals surface area contributed by atoms with Gasteiger partial charge in [0.2, 0.25) is 0 Å². The van der Waals surface area contributed by atoms with Crippen LogP contribution in [0.2, 0.25) is 0 Å². The summed E-state index contributed by atoms with van der Waals surface area (Å²) in [6.45, 7) is 6.78. The van der Waals surface area contributed by atoms with E-state index in [2.05, 4.69) is 16.8 Å².